The lowest BCUT2D eigenvalue weighted by Gasteiger charge is -2.22. The molecule has 1 fully saturated rings. The maximum Gasteiger partial charge on any atom is 0.310 e. The van der Waals surface area contributed by atoms with Crippen LogP contribution in [0.25, 0.3) is 0 Å². The number of nitrogens with one attached hydrogen (secondary N) is 1. The van der Waals surface area contributed by atoms with Crippen LogP contribution in [0.3, 0.4) is 0 Å². The molecule has 27 heavy (non-hydrogen) atoms. The number of carbonyl (C=O) groups excluding carboxylic acids is 1. The lowest BCUT2D eigenvalue weighted by molar-refractivity contribution is -0.145. The summed E-state index contributed by atoms with van der Waals surface area (Å²) < 4.78 is 16.1. The monoisotopic (exact) mass is 377 g/mol. The summed E-state index contributed by atoms with van der Waals surface area (Å²) in [5, 5.41) is 3.31. The van der Waals surface area contributed by atoms with Crippen molar-refractivity contribution in [3.8, 4) is 11.5 Å². The molecule has 1 aromatic rings. The number of hydrogen-bond acceptors (Lipinski definition) is 5. The molecule has 2 rings (SSSR count). The Morgan fingerprint density at radius 3 is 2.74 bits per heavy atom. The van der Waals surface area contributed by atoms with Crippen LogP contribution in [-0.4, -0.2) is 63.3 Å². The number of likely N-dealkylation sites (tertiary alicyclic amines) is 1. The second-order valence-corrected chi connectivity index (χ2v) is 6.81. The summed E-state index contributed by atoms with van der Waals surface area (Å²) >= 11 is 0. The molecule has 0 saturated carbocycles. The number of carbonyl (C=O) groups is 1. The number of aliphatic imine (C=N–C) groups is 1. The summed E-state index contributed by atoms with van der Waals surface area (Å²) in [6.07, 6.45) is -0.0952. The number of nitrogens with zero attached hydrogens (tertiary/aromatic N) is 2. The van der Waals surface area contributed by atoms with Gasteiger partial charge in [0.1, 0.15) is 17.6 Å². The van der Waals surface area contributed by atoms with Crippen molar-refractivity contribution in [1.82, 2.24) is 10.2 Å². The van der Waals surface area contributed by atoms with Crippen LogP contribution < -0.4 is 14.8 Å². The molecule has 0 aromatic heterocycles. The molecule has 1 aromatic carbocycles. The van der Waals surface area contributed by atoms with Crippen LogP contribution in [0, 0.1) is 11.8 Å². The van der Waals surface area contributed by atoms with Crippen molar-refractivity contribution in [2.75, 3.05) is 40.4 Å². The van der Waals surface area contributed by atoms with E-state index in [0.717, 1.165) is 30.5 Å². The normalized spacial score (nSPS) is 20.9. The Morgan fingerprint density at radius 1 is 1.33 bits per heavy atom. The molecule has 0 bridgehead atoms. The molecule has 0 radical (unpaired) electrons. The van der Waals surface area contributed by atoms with Gasteiger partial charge in [0.25, 0.3) is 0 Å². The zero-order valence-corrected chi connectivity index (χ0v) is 16.9. The van der Waals surface area contributed by atoms with E-state index in [9.17, 15) is 4.79 Å². The van der Waals surface area contributed by atoms with Gasteiger partial charge in [-0.3, -0.25) is 4.79 Å². The van der Waals surface area contributed by atoms with E-state index >= 15 is 0 Å². The average molecular weight is 377 g/mol. The molecule has 3 unspecified atom stereocenters. The largest absolute Gasteiger partial charge is 0.497 e. The fraction of sp³-hybridized carbons (Fsp3) is 0.600. The highest BCUT2D eigenvalue weighted by Crippen LogP contribution is 2.24. The zero-order valence-electron chi connectivity index (χ0n) is 16.9. The van der Waals surface area contributed by atoms with Gasteiger partial charge in [0.2, 0.25) is 0 Å². The van der Waals surface area contributed by atoms with Crippen LogP contribution in [0.4, 0.5) is 0 Å². The van der Waals surface area contributed by atoms with E-state index in [1.807, 2.05) is 38.1 Å². The first-order valence-corrected chi connectivity index (χ1v) is 9.40. The van der Waals surface area contributed by atoms with Crippen LogP contribution in [0.1, 0.15) is 20.8 Å². The summed E-state index contributed by atoms with van der Waals surface area (Å²) in [6.45, 7) is 8.74. The lowest BCUT2D eigenvalue weighted by Crippen LogP contribution is -2.41. The van der Waals surface area contributed by atoms with E-state index in [1.165, 1.54) is 7.11 Å². The molecule has 1 saturated heterocycles. The fourth-order valence-electron chi connectivity index (χ4n) is 3.18. The number of ether oxygens (including phenoxy) is 3. The Hall–Kier alpha value is -2.44. The summed E-state index contributed by atoms with van der Waals surface area (Å²) in [4.78, 5) is 18.8. The summed E-state index contributed by atoms with van der Waals surface area (Å²) in [5.41, 5.74) is 0. The Balaban J connectivity index is 1.99. The Morgan fingerprint density at radius 2 is 2.07 bits per heavy atom. The summed E-state index contributed by atoms with van der Waals surface area (Å²) in [5.74, 6) is 2.27. The number of guanidine groups is 1. The van der Waals surface area contributed by atoms with Crippen molar-refractivity contribution in [3.63, 3.8) is 0 Å². The van der Waals surface area contributed by atoms with Gasteiger partial charge >= 0.3 is 5.97 Å². The van der Waals surface area contributed by atoms with Gasteiger partial charge in [-0.25, -0.2) is 4.99 Å². The number of benzene rings is 1. The molecule has 7 heteroatoms. The minimum absolute atomic E-state index is 0.0952. The first-order valence-electron chi connectivity index (χ1n) is 9.40. The van der Waals surface area contributed by atoms with Crippen LogP contribution in [0.5, 0.6) is 11.5 Å². The van der Waals surface area contributed by atoms with Gasteiger partial charge in [0.15, 0.2) is 5.96 Å². The van der Waals surface area contributed by atoms with Gasteiger partial charge in [0.05, 0.1) is 26.7 Å². The highest BCUT2D eigenvalue weighted by Gasteiger charge is 2.36. The van der Waals surface area contributed by atoms with Gasteiger partial charge in [-0.15, -0.1) is 0 Å². The number of hydrogen-bond donors (Lipinski definition) is 1. The minimum Gasteiger partial charge on any atom is -0.497 e. The van der Waals surface area contributed by atoms with Crippen molar-refractivity contribution in [2.24, 2.45) is 16.8 Å². The smallest absolute Gasteiger partial charge is 0.310 e. The van der Waals surface area contributed by atoms with Crippen molar-refractivity contribution >= 4 is 11.9 Å². The molecule has 1 N–H and O–H groups in total. The van der Waals surface area contributed by atoms with Crippen LogP contribution in [0.15, 0.2) is 29.3 Å². The van der Waals surface area contributed by atoms with Crippen LogP contribution >= 0.6 is 0 Å². The summed E-state index contributed by atoms with van der Waals surface area (Å²) in [6, 6.07) is 7.53. The lowest BCUT2D eigenvalue weighted by atomic mass is 9.99. The van der Waals surface area contributed by atoms with Crippen molar-refractivity contribution in [2.45, 2.75) is 26.9 Å². The fourth-order valence-corrected chi connectivity index (χ4v) is 3.18. The van der Waals surface area contributed by atoms with Gasteiger partial charge in [-0.1, -0.05) is 13.0 Å². The maximum absolute atomic E-state index is 11.9. The molecule has 1 aliphatic heterocycles. The van der Waals surface area contributed by atoms with E-state index in [2.05, 4.69) is 17.1 Å². The van der Waals surface area contributed by atoms with Crippen molar-refractivity contribution in [1.29, 1.82) is 0 Å². The number of methoxy groups -OCH3 is 2. The minimum atomic E-state index is -0.157. The van der Waals surface area contributed by atoms with E-state index in [1.54, 1.807) is 7.11 Å². The van der Waals surface area contributed by atoms with Crippen molar-refractivity contribution < 1.29 is 19.0 Å². The highest BCUT2D eigenvalue weighted by atomic mass is 16.5. The zero-order chi connectivity index (χ0) is 19.8. The molecule has 1 heterocycles. The quantitative estimate of drug-likeness (QED) is 0.446. The summed E-state index contributed by atoms with van der Waals surface area (Å²) in [7, 11) is 3.07. The topological polar surface area (TPSA) is 72.4 Å². The maximum atomic E-state index is 11.9. The molecule has 1 aliphatic rings. The standard InChI is InChI=1S/C20H31N3O4/c1-6-21-20(23-12-14(2)18(13-23)19(24)26-5)22-11-15(3)27-17-9-7-8-16(10-17)25-4/h7-10,14-15,18H,6,11-13H2,1-5H3,(H,21,22). The molecule has 7 nitrogen and oxygen atoms in total. The van der Waals surface area contributed by atoms with Crippen LogP contribution in [0.2, 0.25) is 0 Å². The van der Waals surface area contributed by atoms with Crippen LogP contribution in [-0.2, 0) is 9.53 Å². The SMILES string of the molecule is CCNC(=NCC(C)Oc1cccc(OC)c1)N1CC(C)C(C(=O)OC)C1. The number of esters is 1. The van der Waals surface area contributed by atoms with Crippen molar-refractivity contribution in [3.05, 3.63) is 24.3 Å². The third-order valence-electron chi connectivity index (χ3n) is 4.63. The molecule has 150 valence electrons. The van der Waals surface area contributed by atoms with Gasteiger partial charge in [-0.2, -0.15) is 0 Å². The predicted octanol–water partition coefficient (Wildman–Crippen LogP) is 2.17. The molecule has 0 spiro atoms. The Labute approximate surface area is 161 Å². The molecule has 3 atom stereocenters. The molecular formula is C20H31N3O4. The Kier molecular flexibility index (Phi) is 7.76. The molecule has 0 amide bonds. The second kappa shape index (κ2) is 10.0. The molecule has 0 aliphatic carbocycles. The van der Waals surface area contributed by atoms with E-state index < -0.39 is 0 Å². The Bertz CT molecular complexity index is 650. The van der Waals surface area contributed by atoms with E-state index in [-0.39, 0.29) is 23.9 Å². The van der Waals surface area contributed by atoms with E-state index in [4.69, 9.17) is 19.2 Å². The second-order valence-electron chi connectivity index (χ2n) is 6.81. The average Bonchev–Trinajstić information content (AvgIpc) is 3.06. The van der Waals surface area contributed by atoms with E-state index in [0.29, 0.717) is 13.1 Å². The third-order valence-corrected chi connectivity index (χ3v) is 4.63. The predicted molar refractivity (Wildman–Crippen MR) is 105 cm³/mol. The highest BCUT2D eigenvalue weighted by molar-refractivity contribution is 5.82. The third kappa shape index (κ3) is 5.77. The first kappa shape index (κ1) is 20.9. The number of rotatable bonds is 7. The first-order chi connectivity index (χ1) is 13.0. The van der Waals surface area contributed by atoms with Gasteiger partial charge in [0, 0.05) is 25.7 Å². The van der Waals surface area contributed by atoms with Gasteiger partial charge in [-0.05, 0) is 31.9 Å². The molecular weight excluding hydrogens is 346 g/mol. The van der Waals surface area contributed by atoms with Gasteiger partial charge < -0.3 is 24.4 Å².